The van der Waals surface area contributed by atoms with Crippen LogP contribution in [0.3, 0.4) is 0 Å². The zero-order chi connectivity index (χ0) is 24.2. The van der Waals surface area contributed by atoms with Crippen LogP contribution in [0.15, 0.2) is 65.1 Å². The Hall–Kier alpha value is -3.71. The number of carbonyl (C=O) groups is 1. The summed E-state index contributed by atoms with van der Waals surface area (Å²) < 4.78 is 11.6. The molecule has 0 fully saturated rings. The molecule has 7 heteroatoms. The van der Waals surface area contributed by atoms with E-state index in [9.17, 15) is 4.79 Å². The normalized spacial score (nSPS) is 11.0. The SMILES string of the molecule is Cc1cc(C)c2oc(Cc3ccc(NC(=S)NC(=O)c4ccc(OC(C)C)cc4)cc3)nc2c1. The lowest BCUT2D eigenvalue weighted by Gasteiger charge is -2.11. The van der Waals surface area contributed by atoms with E-state index in [1.54, 1.807) is 24.3 Å². The Morgan fingerprint density at radius 3 is 2.44 bits per heavy atom. The first-order valence-electron chi connectivity index (χ1n) is 11.1. The quantitative estimate of drug-likeness (QED) is 0.337. The lowest BCUT2D eigenvalue weighted by molar-refractivity contribution is 0.0977. The number of ether oxygens (including phenoxy) is 1. The first kappa shape index (κ1) is 23.4. The van der Waals surface area contributed by atoms with Crippen molar-refractivity contribution in [2.75, 3.05) is 5.32 Å². The summed E-state index contributed by atoms with van der Waals surface area (Å²) in [6.07, 6.45) is 0.664. The summed E-state index contributed by atoms with van der Waals surface area (Å²) in [7, 11) is 0. The molecular formula is C27H27N3O3S. The Morgan fingerprint density at radius 2 is 1.76 bits per heavy atom. The van der Waals surface area contributed by atoms with Crippen LogP contribution in [0.4, 0.5) is 5.69 Å². The van der Waals surface area contributed by atoms with Crippen molar-refractivity contribution >= 4 is 40.0 Å². The van der Waals surface area contributed by atoms with Gasteiger partial charge in [-0.3, -0.25) is 10.1 Å². The molecule has 2 N–H and O–H groups in total. The number of nitrogens with one attached hydrogen (secondary N) is 2. The lowest BCUT2D eigenvalue weighted by atomic mass is 10.1. The van der Waals surface area contributed by atoms with Gasteiger partial charge in [0.15, 0.2) is 16.6 Å². The van der Waals surface area contributed by atoms with E-state index >= 15 is 0 Å². The van der Waals surface area contributed by atoms with Gasteiger partial charge >= 0.3 is 0 Å². The van der Waals surface area contributed by atoms with E-state index in [1.807, 2.05) is 51.1 Å². The Kier molecular flexibility index (Phi) is 6.93. The molecule has 0 aliphatic heterocycles. The van der Waals surface area contributed by atoms with Crippen LogP contribution in [-0.2, 0) is 6.42 Å². The van der Waals surface area contributed by atoms with Gasteiger partial charge in [0, 0.05) is 17.7 Å². The third-order valence-electron chi connectivity index (χ3n) is 5.15. The van der Waals surface area contributed by atoms with Gasteiger partial charge in [0.25, 0.3) is 5.91 Å². The number of oxazole rings is 1. The van der Waals surface area contributed by atoms with E-state index in [0.29, 0.717) is 17.9 Å². The molecule has 0 saturated carbocycles. The monoisotopic (exact) mass is 473 g/mol. The van der Waals surface area contributed by atoms with Crippen LogP contribution in [0.1, 0.15) is 46.8 Å². The van der Waals surface area contributed by atoms with E-state index in [-0.39, 0.29) is 17.1 Å². The Bertz CT molecular complexity index is 1330. The average Bonchev–Trinajstić information content (AvgIpc) is 3.17. The zero-order valence-corrected chi connectivity index (χ0v) is 20.5. The fourth-order valence-corrected chi connectivity index (χ4v) is 3.88. The molecule has 0 aliphatic carbocycles. The fraction of sp³-hybridized carbons (Fsp3) is 0.222. The van der Waals surface area contributed by atoms with Gasteiger partial charge in [0.2, 0.25) is 0 Å². The van der Waals surface area contributed by atoms with Gasteiger partial charge in [-0.05, 0) is 99.1 Å². The second kappa shape index (κ2) is 10.1. The number of hydrogen-bond donors (Lipinski definition) is 2. The molecule has 6 nitrogen and oxygen atoms in total. The highest BCUT2D eigenvalue weighted by Gasteiger charge is 2.11. The lowest BCUT2D eigenvalue weighted by Crippen LogP contribution is -2.34. The van der Waals surface area contributed by atoms with Crippen LogP contribution in [-0.4, -0.2) is 22.1 Å². The van der Waals surface area contributed by atoms with Gasteiger partial charge < -0.3 is 14.5 Å². The van der Waals surface area contributed by atoms with Crippen LogP contribution in [0.5, 0.6) is 5.75 Å². The summed E-state index contributed by atoms with van der Waals surface area (Å²) in [5, 5.41) is 5.97. The van der Waals surface area contributed by atoms with E-state index < -0.39 is 0 Å². The van der Waals surface area contributed by atoms with Crippen molar-refractivity contribution < 1.29 is 13.9 Å². The molecule has 0 unspecified atom stereocenters. The molecule has 1 heterocycles. The third-order valence-corrected chi connectivity index (χ3v) is 5.35. The van der Waals surface area contributed by atoms with Crippen molar-refractivity contribution in [3.8, 4) is 5.75 Å². The Morgan fingerprint density at radius 1 is 1.06 bits per heavy atom. The van der Waals surface area contributed by atoms with Gasteiger partial charge in [-0.2, -0.15) is 0 Å². The molecule has 0 atom stereocenters. The van der Waals surface area contributed by atoms with E-state index in [4.69, 9.17) is 21.4 Å². The number of thiocarbonyl (C=S) groups is 1. The Balaban J connectivity index is 1.33. The maximum atomic E-state index is 12.5. The highest BCUT2D eigenvalue weighted by Crippen LogP contribution is 2.23. The van der Waals surface area contributed by atoms with Crippen molar-refractivity contribution in [1.82, 2.24) is 10.3 Å². The smallest absolute Gasteiger partial charge is 0.257 e. The highest BCUT2D eigenvalue weighted by atomic mass is 32.1. The average molecular weight is 474 g/mol. The second-order valence-electron chi connectivity index (χ2n) is 8.51. The molecule has 34 heavy (non-hydrogen) atoms. The number of fused-ring (bicyclic) bond motifs is 1. The van der Waals surface area contributed by atoms with Gasteiger partial charge in [0.05, 0.1) is 6.10 Å². The molecule has 0 aliphatic rings. The highest BCUT2D eigenvalue weighted by molar-refractivity contribution is 7.80. The van der Waals surface area contributed by atoms with Gasteiger partial charge in [-0.25, -0.2) is 4.98 Å². The van der Waals surface area contributed by atoms with Gasteiger partial charge in [-0.15, -0.1) is 0 Å². The topological polar surface area (TPSA) is 76.4 Å². The molecule has 0 bridgehead atoms. The predicted octanol–water partition coefficient (Wildman–Crippen LogP) is 5.95. The van der Waals surface area contributed by atoms with Crippen LogP contribution in [0, 0.1) is 13.8 Å². The molecule has 0 spiro atoms. The zero-order valence-electron chi connectivity index (χ0n) is 19.6. The summed E-state index contributed by atoms with van der Waals surface area (Å²) in [4.78, 5) is 17.1. The molecule has 174 valence electrons. The molecule has 1 amide bonds. The van der Waals surface area contributed by atoms with Crippen LogP contribution in [0.25, 0.3) is 11.1 Å². The standard InChI is InChI=1S/C27H27N3O3S/c1-16(2)32-22-11-7-20(8-12-22)26(31)30-27(34)28-21-9-5-19(6-10-21)15-24-29-23-14-17(3)13-18(4)25(23)33-24/h5-14,16H,15H2,1-4H3,(H2,28,30,31,34). The first-order valence-corrected chi connectivity index (χ1v) is 11.5. The summed E-state index contributed by atoms with van der Waals surface area (Å²) in [6, 6.07) is 18.8. The number of aromatic nitrogens is 1. The number of rotatable bonds is 6. The van der Waals surface area contributed by atoms with Crippen molar-refractivity contribution in [3.63, 3.8) is 0 Å². The van der Waals surface area contributed by atoms with Crippen LogP contribution >= 0.6 is 12.2 Å². The molecule has 1 aromatic heterocycles. The minimum absolute atomic E-state index is 0.0753. The number of anilines is 1. The van der Waals surface area contributed by atoms with E-state index in [2.05, 4.69) is 28.6 Å². The molecule has 4 rings (SSSR count). The summed E-state index contributed by atoms with van der Waals surface area (Å²) >= 11 is 5.30. The number of nitrogens with zero attached hydrogens (tertiary/aromatic N) is 1. The minimum Gasteiger partial charge on any atom is -0.491 e. The molecule has 0 saturated heterocycles. The number of aryl methyl sites for hydroxylation is 2. The van der Waals surface area contributed by atoms with E-state index in [1.165, 1.54) is 5.56 Å². The Labute approximate surface area is 204 Å². The van der Waals surface area contributed by atoms with Crippen molar-refractivity contribution in [1.29, 1.82) is 0 Å². The number of hydrogen-bond acceptors (Lipinski definition) is 5. The maximum absolute atomic E-state index is 12.5. The third kappa shape index (κ3) is 5.80. The van der Waals surface area contributed by atoms with Crippen LogP contribution < -0.4 is 15.4 Å². The van der Waals surface area contributed by atoms with Gasteiger partial charge in [-0.1, -0.05) is 18.2 Å². The predicted molar refractivity (Wildman–Crippen MR) is 139 cm³/mol. The molecular weight excluding hydrogens is 446 g/mol. The van der Waals surface area contributed by atoms with Crippen LogP contribution in [0.2, 0.25) is 0 Å². The number of benzene rings is 3. The fourth-order valence-electron chi connectivity index (χ4n) is 3.67. The summed E-state index contributed by atoms with van der Waals surface area (Å²) in [6.45, 7) is 7.99. The largest absolute Gasteiger partial charge is 0.491 e. The first-order chi connectivity index (χ1) is 16.3. The second-order valence-corrected chi connectivity index (χ2v) is 8.92. The minimum atomic E-state index is -0.285. The van der Waals surface area contributed by atoms with Gasteiger partial charge in [0.1, 0.15) is 11.3 Å². The van der Waals surface area contributed by atoms with E-state index in [0.717, 1.165) is 33.7 Å². The molecule has 3 aromatic carbocycles. The van der Waals surface area contributed by atoms with Crippen molar-refractivity contribution in [3.05, 3.63) is 88.8 Å². The summed E-state index contributed by atoms with van der Waals surface area (Å²) in [5.41, 5.74) is 6.31. The number of amides is 1. The molecule has 4 aromatic rings. The molecule has 0 radical (unpaired) electrons. The maximum Gasteiger partial charge on any atom is 0.257 e. The summed E-state index contributed by atoms with van der Waals surface area (Å²) in [5.74, 6) is 1.11. The van der Waals surface area contributed by atoms with Crippen molar-refractivity contribution in [2.24, 2.45) is 0 Å². The van der Waals surface area contributed by atoms with Crippen molar-refractivity contribution in [2.45, 2.75) is 40.2 Å². The number of carbonyl (C=O) groups excluding carboxylic acids is 1.